The smallest absolute Gasteiger partial charge is 0.398 e. The van der Waals surface area contributed by atoms with Gasteiger partial charge in [0.2, 0.25) is 0 Å². The van der Waals surface area contributed by atoms with E-state index in [2.05, 4.69) is 0 Å². The molecule has 0 spiro atoms. The third kappa shape index (κ3) is 5.15. The highest BCUT2D eigenvalue weighted by atomic mass is 19.4. The Balaban J connectivity index is 1.68. The van der Waals surface area contributed by atoms with Crippen molar-refractivity contribution in [3.8, 4) is 17.2 Å². The summed E-state index contributed by atoms with van der Waals surface area (Å²) in [5, 5.41) is 0. The van der Waals surface area contributed by atoms with Crippen molar-refractivity contribution in [3.05, 3.63) is 90.0 Å². The van der Waals surface area contributed by atoms with Gasteiger partial charge in [-0.05, 0) is 73.7 Å². The van der Waals surface area contributed by atoms with Crippen LogP contribution in [0, 0.1) is 0 Å². The lowest BCUT2D eigenvalue weighted by atomic mass is 9.77. The maximum atomic E-state index is 14.0. The van der Waals surface area contributed by atoms with Crippen LogP contribution in [0.2, 0.25) is 0 Å². The van der Waals surface area contributed by atoms with Gasteiger partial charge in [0.1, 0.15) is 17.2 Å². The van der Waals surface area contributed by atoms with Gasteiger partial charge in [-0.1, -0.05) is 42.5 Å². The van der Waals surface area contributed by atoms with Crippen molar-refractivity contribution in [2.45, 2.75) is 37.8 Å². The molecular formula is C25H25F3O2. The topological polar surface area (TPSA) is 18.5 Å². The maximum Gasteiger partial charge on any atom is 0.398 e. The number of rotatable bonds is 8. The molecule has 3 aromatic rings. The van der Waals surface area contributed by atoms with E-state index in [9.17, 15) is 13.2 Å². The van der Waals surface area contributed by atoms with Crippen LogP contribution in [0.4, 0.5) is 13.2 Å². The van der Waals surface area contributed by atoms with E-state index in [-0.39, 0.29) is 12.0 Å². The van der Waals surface area contributed by atoms with Gasteiger partial charge in [0.05, 0.1) is 12.5 Å². The molecule has 158 valence electrons. The van der Waals surface area contributed by atoms with E-state index in [0.717, 1.165) is 11.3 Å². The predicted molar refractivity (Wildman–Crippen MR) is 112 cm³/mol. The Morgan fingerprint density at radius 1 is 0.767 bits per heavy atom. The van der Waals surface area contributed by atoms with Crippen LogP contribution in [0.15, 0.2) is 78.9 Å². The molecule has 3 aromatic carbocycles. The first-order valence-electron chi connectivity index (χ1n) is 9.85. The van der Waals surface area contributed by atoms with Crippen LogP contribution in [-0.4, -0.2) is 13.3 Å². The van der Waals surface area contributed by atoms with E-state index < -0.39 is 11.6 Å². The Kier molecular flexibility index (Phi) is 6.70. The van der Waals surface area contributed by atoms with Crippen molar-refractivity contribution in [1.82, 2.24) is 0 Å². The second kappa shape index (κ2) is 9.24. The summed E-state index contributed by atoms with van der Waals surface area (Å²) in [7, 11) is 1.49. The summed E-state index contributed by atoms with van der Waals surface area (Å²) in [5.74, 6) is 1.93. The summed E-state index contributed by atoms with van der Waals surface area (Å²) >= 11 is 0. The molecule has 1 unspecified atom stereocenters. The predicted octanol–water partition coefficient (Wildman–Crippen LogP) is 7.33. The van der Waals surface area contributed by atoms with Crippen molar-refractivity contribution in [2.24, 2.45) is 0 Å². The monoisotopic (exact) mass is 414 g/mol. The van der Waals surface area contributed by atoms with Crippen LogP contribution >= 0.6 is 0 Å². The van der Waals surface area contributed by atoms with Gasteiger partial charge in [-0.15, -0.1) is 0 Å². The number of para-hydroxylation sites is 1. The lowest BCUT2D eigenvalue weighted by molar-refractivity contribution is -0.188. The number of alkyl halides is 3. The van der Waals surface area contributed by atoms with Gasteiger partial charge in [-0.3, -0.25) is 0 Å². The zero-order valence-electron chi connectivity index (χ0n) is 17.1. The third-order valence-corrected chi connectivity index (χ3v) is 5.37. The summed E-state index contributed by atoms with van der Waals surface area (Å²) in [6.07, 6.45) is -3.42. The molecule has 0 fully saturated rings. The molecule has 0 heterocycles. The largest absolute Gasteiger partial charge is 0.497 e. The summed E-state index contributed by atoms with van der Waals surface area (Å²) in [4.78, 5) is 0. The Labute approximate surface area is 175 Å². The Morgan fingerprint density at radius 3 is 2.07 bits per heavy atom. The van der Waals surface area contributed by atoms with Gasteiger partial charge >= 0.3 is 6.18 Å². The van der Waals surface area contributed by atoms with E-state index in [1.165, 1.54) is 26.2 Å². The molecule has 1 atom stereocenters. The number of methoxy groups -OCH3 is 1. The van der Waals surface area contributed by atoms with Crippen LogP contribution in [0.1, 0.15) is 30.9 Å². The fourth-order valence-corrected chi connectivity index (χ4v) is 3.44. The van der Waals surface area contributed by atoms with Gasteiger partial charge < -0.3 is 9.47 Å². The minimum Gasteiger partial charge on any atom is -0.497 e. The van der Waals surface area contributed by atoms with Crippen LogP contribution < -0.4 is 9.47 Å². The Hall–Kier alpha value is -2.95. The van der Waals surface area contributed by atoms with E-state index in [0.29, 0.717) is 24.3 Å². The second-order valence-corrected chi connectivity index (χ2v) is 7.47. The first-order valence-corrected chi connectivity index (χ1v) is 9.85. The molecule has 3 rings (SSSR count). The van der Waals surface area contributed by atoms with Crippen molar-refractivity contribution in [1.29, 1.82) is 0 Å². The fraction of sp³-hybridized carbons (Fsp3) is 0.280. The van der Waals surface area contributed by atoms with Crippen LogP contribution in [0.5, 0.6) is 17.2 Å². The zero-order chi connectivity index (χ0) is 21.6. The lowest BCUT2D eigenvalue weighted by Gasteiger charge is -2.33. The summed E-state index contributed by atoms with van der Waals surface area (Å²) in [6, 6.07) is 23.0. The van der Waals surface area contributed by atoms with Crippen molar-refractivity contribution in [2.75, 3.05) is 7.11 Å². The standard InChI is InChI=1S/C25H25F3O2/c1-24(25(26,27)28,20-13-15-21(29-2)16-14-20)17-7-9-19-8-6-12-23(18-19)30-22-10-4-3-5-11-22/h3-6,8,10-16,18H,7,9,17H2,1-2H3. The molecule has 2 nitrogen and oxygen atoms in total. The zero-order valence-corrected chi connectivity index (χ0v) is 17.1. The molecule has 30 heavy (non-hydrogen) atoms. The number of ether oxygens (including phenoxy) is 2. The maximum absolute atomic E-state index is 14.0. The highest BCUT2D eigenvalue weighted by molar-refractivity contribution is 5.35. The quantitative estimate of drug-likeness (QED) is 0.384. The molecule has 0 amide bonds. The molecule has 0 saturated heterocycles. The van der Waals surface area contributed by atoms with E-state index in [1.54, 1.807) is 12.1 Å². The first-order chi connectivity index (χ1) is 14.3. The van der Waals surface area contributed by atoms with Crippen molar-refractivity contribution in [3.63, 3.8) is 0 Å². The Morgan fingerprint density at radius 2 is 1.43 bits per heavy atom. The van der Waals surface area contributed by atoms with E-state index in [1.807, 2.05) is 54.6 Å². The summed E-state index contributed by atoms with van der Waals surface area (Å²) < 4.78 is 52.7. The molecule has 5 heteroatoms. The van der Waals surface area contributed by atoms with Crippen LogP contribution in [0.3, 0.4) is 0 Å². The number of halogens is 3. The lowest BCUT2D eigenvalue weighted by Crippen LogP contribution is -2.39. The summed E-state index contributed by atoms with van der Waals surface area (Å²) in [5.41, 5.74) is -0.725. The van der Waals surface area contributed by atoms with Gasteiger partial charge in [0.25, 0.3) is 0 Å². The first kappa shape index (κ1) is 21.8. The average molecular weight is 414 g/mol. The minimum atomic E-state index is -4.35. The molecule has 0 N–H and O–H groups in total. The molecule has 0 aliphatic rings. The van der Waals surface area contributed by atoms with Gasteiger partial charge in [-0.2, -0.15) is 13.2 Å². The summed E-state index contributed by atoms with van der Waals surface area (Å²) in [6.45, 7) is 1.27. The molecule has 0 radical (unpaired) electrons. The van der Waals surface area contributed by atoms with Crippen molar-refractivity contribution >= 4 is 0 Å². The number of hydrogen-bond donors (Lipinski definition) is 0. The fourth-order valence-electron chi connectivity index (χ4n) is 3.44. The SMILES string of the molecule is COc1ccc(C(C)(CCCc2cccc(Oc3ccccc3)c2)C(F)(F)F)cc1. The normalized spacial score (nSPS) is 13.5. The highest BCUT2D eigenvalue weighted by Crippen LogP contribution is 2.45. The number of hydrogen-bond acceptors (Lipinski definition) is 2. The third-order valence-electron chi connectivity index (χ3n) is 5.37. The molecule has 0 aliphatic carbocycles. The molecule has 0 aromatic heterocycles. The highest BCUT2D eigenvalue weighted by Gasteiger charge is 2.51. The van der Waals surface area contributed by atoms with Gasteiger partial charge in [-0.25, -0.2) is 0 Å². The van der Waals surface area contributed by atoms with Gasteiger partial charge in [0.15, 0.2) is 0 Å². The molecule has 0 aliphatic heterocycles. The number of benzene rings is 3. The second-order valence-electron chi connectivity index (χ2n) is 7.47. The van der Waals surface area contributed by atoms with Crippen LogP contribution in [-0.2, 0) is 11.8 Å². The van der Waals surface area contributed by atoms with Gasteiger partial charge in [0, 0.05) is 0 Å². The molecular weight excluding hydrogens is 389 g/mol. The Bertz CT molecular complexity index is 937. The van der Waals surface area contributed by atoms with E-state index >= 15 is 0 Å². The van der Waals surface area contributed by atoms with Crippen molar-refractivity contribution < 1.29 is 22.6 Å². The minimum absolute atomic E-state index is 0.00734. The van der Waals surface area contributed by atoms with Crippen LogP contribution in [0.25, 0.3) is 0 Å². The average Bonchev–Trinajstić information content (AvgIpc) is 2.74. The number of aryl methyl sites for hydroxylation is 1. The van der Waals surface area contributed by atoms with E-state index in [4.69, 9.17) is 9.47 Å². The molecule has 0 bridgehead atoms. The molecule has 0 saturated carbocycles.